The lowest BCUT2D eigenvalue weighted by Crippen LogP contribution is -2.34. The van der Waals surface area contributed by atoms with Crippen molar-refractivity contribution in [1.82, 2.24) is 14.3 Å². The molecule has 0 spiro atoms. The van der Waals surface area contributed by atoms with Gasteiger partial charge < -0.3 is 0 Å². The molecule has 1 saturated heterocycles. The Labute approximate surface area is 119 Å². The molecule has 3 heterocycles. The molecule has 1 fully saturated rings. The van der Waals surface area contributed by atoms with Crippen LogP contribution in [0.2, 0.25) is 0 Å². The van der Waals surface area contributed by atoms with Gasteiger partial charge in [0.15, 0.2) is 0 Å². The first-order valence-corrected chi connectivity index (χ1v) is 7.33. The number of nitrogens with zero attached hydrogens (tertiary/aromatic N) is 3. The van der Waals surface area contributed by atoms with Crippen LogP contribution in [-0.4, -0.2) is 27.4 Å². The first-order chi connectivity index (χ1) is 9.61. The van der Waals surface area contributed by atoms with Crippen LogP contribution in [0.4, 0.5) is 0 Å². The molecule has 1 aliphatic heterocycles. The molecule has 20 heavy (non-hydrogen) atoms. The van der Waals surface area contributed by atoms with E-state index in [2.05, 4.69) is 16.8 Å². The predicted molar refractivity (Wildman–Crippen MR) is 79.9 cm³/mol. The molecule has 1 atom stereocenters. The summed E-state index contributed by atoms with van der Waals surface area (Å²) in [6, 6.07) is 5.58. The zero-order valence-corrected chi connectivity index (χ0v) is 12.2. The summed E-state index contributed by atoms with van der Waals surface area (Å²) < 4.78 is 1.62. The zero-order valence-electron chi connectivity index (χ0n) is 12.2. The number of hydrogen-bond acceptors (Lipinski definition) is 3. The van der Waals surface area contributed by atoms with Gasteiger partial charge >= 0.3 is 0 Å². The van der Waals surface area contributed by atoms with Crippen molar-refractivity contribution in [2.75, 3.05) is 13.1 Å². The molecule has 4 heteroatoms. The predicted octanol–water partition coefficient (Wildman–Crippen LogP) is 2.23. The Hall–Kier alpha value is -1.68. The number of pyridine rings is 1. The molecule has 1 unspecified atom stereocenters. The lowest BCUT2D eigenvalue weighted by atomic mass is 10.0. The lowest BCUT2D eigenvalue weighted by molar-refractivity contribution is 0.175. The second-order valence-corrected chi connectivity index (χ2v) is 6.00. The Morgan fingerprint density at radius 1 is 1.40 bits per heavy atom. The Balaban J connectivity index is 1.89. The molecule has 4 nitrogen and oxygen atoms in total. The van der Waals surface area contributed by atoms with Crippen molar-refractivity contribution >= 4 is 5.65 Å². The molecular weight excluding hydrogens is 250 g/mol. The summed E-state index contributed by atoms with van der Waals surface area (Å²) in [6.07, 6.45) is 4.40. The summed E-state index contributed by atoms with van der Waals surface area (Å²) in [6.45, 7) is 7.27. The van der Waals surface area contributed by atoms with E-state index in [1.807, 2.05) is 25.3 Å². The van der Waals surface area contributed by atoms with Gasteiger partial charge in [-0.15, -0.1) is 0 Å². The number of hydrogen-bond donors (Lipinski definition) is 0. The van der Waals surface area contributed by atoms with Crippen molar-refractivity contribution < 1.29 is 0 Å². The average molecular weight is 271 g/mol. The van der Waals surface area contributed by atoms with E-state index in [0.717, 1.165) is 42.5 Å². The average Bonchev–Trinajstić information content (AvgIpc) is 2.40. The Morgan fingerprint density at radius 2 is 2.25 bits per heavy atom. The zero-order chi connectivity index (χ0) is 14.1. The van der Waals surface area contributed by atoms with Crippen molar-refractivity contribution in [2.45, 2.75) is 33.2 Å². The normalized spacial score (nSPS) is 20.4. The third kappa shape index (κ3) is 2.75. The first-order valence-electron chi connectivity index (χ1n) is 7.33. The standard InChI is InChI=1S/C16H21N3O/c1-12-4-3-7-18(9-12)11-14-8-16(20)19-10-13(2)5-6-15(19)17-14/h5-6,8,10,12H,3-4,7,9,11H2,1-2H3. The molecule has 106 valence electrons. The van der Waals surface area contributed by atoms with E-state index in [9.17, 15) is 4.79 Å². The highest BCUT2D eigenvalue weighted by Gasteiger charge is 2.17. The molecule has 0 radical (unpaired) electrons. The van der Waals surface area contributed by atoms with Crippen LogP contribution in [-0.2, 0) is 6.54 Å². The molecule has 0 aliphatic carbocycles. The Kier molecular flexibility index (Phi) is 3.57. The third-order valence-electron chi connectivity index (χ3n) is 3.99. The minimum atomic E-state index is 0.0127. The number of likely N-dealkylation sites (tertiary alicyclic amines) is 1. The van der Waals surface area contributed by atoms with Gasteiger partial charge in [-0.25, -0.2) is 4.98 Å². The number of aromatic nitrogens is 2. The Bertz CT molecular complexity index is 677. The first kappa shape index (κ1) is 13.3. The van der Waals surface area contributed by atoms with Gasteiger partial charge in [0, 0.05) is 25.4 Å². The van der Waals surface area contributed by atoms with E-state index in [-0.39, 0.29) is 5.56 Å². The van der Waals surface area contributed by atoms with Crippen LogP contribution in [0.15, 0.2) is 29.2 Å². The maximum absolute atomic E-state index is 12.2. The second-order valence-electron chi connectivity index (χ2n) is 6.00. The van der Waals surface area contributed by atoms with Gasteiger partial charge in [0.25, 0.3) is 5.56 Å². The molecule has 3 rings (SSSR count). The van der Waals surface area contributed by atoms with Crippen LogP contribution >= 0.6 is 0 Å². The highest BCUT2D eigenvalue weighted by atomic mass is 16.1. The smallest absolute Gasteiger partial charge is 0.258 e. The molecule has 0 amide bonds. The highest BCUT2D eigenvalue weighted by molar-refractivity contribution is 5.39. The summed E-state index contributed by atoms with van der Waals surface area (Å²) in [5.74, 6) is 0.743. The fourth-order valence-electron chi connectivity index (χ4n) is 3.00. The highest BCUT2D eigenvalue weighted by Crippen LogP contribution is 2.17. The van der Waals surface area contributed by atoms with Crippen molar-refractivity contribution in [1.29, 1.82) is 0 Å². The molecule has 2 aromatic rings. The third-order valence-corrected chi connectivity index (χ3v) is 3.99. The number of rotatable bonds is 2. The van der Waals surface area contributed by atoms with E-state index >= 15 is 0 Å². The summed E-state index contributed by atoms with van der Waals surface area (Å²) >= 11 is 0. The molecule has 2 aromatic heterocycles. The monoisotopic (exact) mass is 271 g/mol. The fraction of sp³-hybridized carbons (Fsp3) is 0.500. The summed E-state index contributed by atoms with van der Waals surface area (Å²) in [7, 11) is 0. The lowest BCUT2D eigenvalue weighted by Gasteiger charge is -2.30. The van der Waals surface area contributed by atoms with E-state index < -0.39 is 0 Å². The molecule has 1 aliphatic rings. The maximum atomic E-state index is 12.2. The minimum absolute atomic E-state index is 0.0127. The quantitative estimate of drug-likeness (QED) is 0.840. The number of aryl methyl sites for hydroxylation is 1. The summed E-state index contributed by atoms with van der Waals surface area (Å²) in [5.41, 5.74) is 2.70. The van der Waals surface area contributed by atoms with Crippen LogP contribution in [0.3, 0.4) is 0 Å². The van der Waals surface area contributed by atoms with Gasteiger partial charge in [-0.2, -0.15) is 0 Å². The number of fused-ring (bicyclic) bond motifs is 1. The van der Waals surface area contributed by atoms with Crippen molar-refractivity contribution in [3.05, 3.63) is 46.0 Å². The van der Waals surface area contributed by atoms with Crippen LogP contribution in [0, 0.1) is 12.8 Å². The van der Waals surface area contributed by atoms with E-state index in [1.165, 1.54) is 12.8 Å². The Morgan fingerprint density at radius 3 is 3.05 bits per heavy atom. The second kappa shape index (κ2) is 5.37. The molecular formula is C16H21N3O. The van der Waals surface area contributed by atoms with Gasteiger partial charge in [0.2, 0.25) is 0 Å². The largest absolute Gasteiger partial charge is 0.297 e. The van der Waals surface area contributed by atoms with Gasteiger partial charge in [-0.05, 0) is 43.9 Å². The van der Waals surface area contributed by atoms with Crippen molar-refractivity contribution in [2.24, 2.45) is 5.92 Å². The van der Waals surface area contributed by atoms with E-state index in [1.54, 1.807) is 10.5 Å². The van der Waals surface area contributed by atoms with E-state index in [4.69, 9.17) is 0 Å². The molecule has 0 aromatic carbocycles. The van der Waals surface area contributed by atoms with Crippen LogP contribution in [0.1, 0.15) is 31.0 Å². The number of piperidine rings is 1. The van der Waals surface area contributed by atoms with Gasteiger partial charge in [-0.1, -0.05) is 13.0 Å². The fourth-order valence-corrected chi connectivity index (χ4v) is 3.00. The van der Waals surface area contributed by atoms with Gasteiger partial charge in [0.1, 0.15) is 5.65 Å². The van der Waals surface area contributed by atoms with Crippen LogP contribution < -0.4 is 5.56 Å². The van der Waals surface area contributed by atoms with E-state index in [0.29, 0.717) is 0 Å². The SMILES string of the molecule is Cc1ccc2nc(CN3CCCC(C)C3)cc(=O)n2c1. The van der Waals surface area contributed by atoms with Crippen LogP contribution in [0.25, 0.3) is 5.65 Å². The molecule has 0 N–H and O–H groups in total. The summed E-state index contributed by atoms with van der Waals surface area (Å²) in [4.78, 5) is 19.2. The van der Waals surface area contributed by atoms with Gasteiger partial charge in [0.05, 0.1) is 5.69 Å². The topological polar surface area (TPSA) is 37.6 Å². The maximum Gasteiger partial charge on any atom is 0.258 e. The van der Waals surface area contributed by atoms with Crippen LogP contribution in [0.5, 0.6) is 0 Å². The minimum Gasteiger partial charge on any atom is -0.297 e. The summed E-state index contributed by atoms with van der Waals surface area (Å²) in [5, 5.41) is 0. The van der Waals surface area contributed by atoms with Crippen molar-refractivity contribution in [3.63, 3.8) is 0 Å². The molecule has 0 saturated carbocycles. The van der Waals surface area contributed by atoms with Gasteiger partial charge in [-0.3, -0.25) is 14.1 Å². The van der Waals surface area contributed by atoms with Crippen molar-refractivity contribution in [3.8, 4) is 0 Å². The molecule has 0 bridgehead atoms.